The van der Waals surface area contributed by atoms with Crippen LogP contribution in [0.4, 0.5) is 18.9 Å². The van der Waals surface area contributed by atoms with Crippen molar-refractivity contribution in [2.45, 2.75) is 30.2 Å². The summed E-state index contributed by atoms with van der Waals surface area (Å²) in [6, 6.07) is 3.27. The number of amides is 1. The predicted molar refractivity (Wildman–Crippen MR) is 91.8 cm³/mol. The molecule has 1 N–H and O–H groups in total. The summed E-state index contributed by atoms with van der Waals surface area (Å²) in [5.41, 5.74) is -0.628. The molecule has 1 fully saturated rings. The van der Waals surface area contributed by atoms with Gasteiger partial charge >= 0.3 is 6.18 Å². The van der Waals surface area contributed by atoms with Crippen molar-refractivity contribution in [2.24, 2.45) is 0 Å². The van der Waals surface area contributed by atoms with Gasteiger partial charge in [0.15, 0.2) is 0 Å². The minimum atomic E-state index is -4.54. The van der Waals surface area contributed by atoms with Crippen molar-refractivity contribution in [3.05, 3.63) is 36.4 Å². The lowest BCUT2D eigenvalue weighted by Crippen LogP contribution is -2.17. The Morgan fingerprint density at radius 3 is 2.82 bits per heavy atom. The van der Waals surface area contributed by atoms with E-state index >= 15 is 0 Å². The smallest absolute Gasteiger partial charge is 0.323 e. The van der Waals surface area contributed by atoms with Crippen molar-refractivity contribution in [1.29, 1.82) is 0 Å². The molecular formula is C15H13F3N8OS. The fourth-order valence-corrected chi connectivity index (χ4v) is 3.23. The number of benzene rings is 1. The van der Waals surface area contributed by atoms with Gasteiger partial charge in [-0.05, 0) is 41.5 Å². The zero-order chi connectivity index (χ0) is 19.7. The van der Waals surface area contributed by atoms with Gasteiger partial charge in [-0.2, -0.15) is 18.3 Å². The normalized spacial score (nSPS) is 14.2. The highest BCUT2D eigenvalue weighted by molar-refractivity contribution is 7.99. The number of alkyl halides is 3. The number of tetrazole rings is 1. The first-order valence-corrected chi connectivity index (χ1v) is 9.17. The minimum absolute atomic E-state index is 0.0206. The SMILES string of the molecule is O=C(CSc1nnnn1C1CC1)Nc1cc(C(F)(F)F)ccc1-n1cncn1. The molecule has 1 saturated carbocycles. The molecule has 0 spiro atoms. The Labute approximate surface area is 160 Å². The van der Waals surface area contributed by atoms with E-state index in [1.807, 2.05) is 0 Å². The molecule has 4 rings (SSSR count). The summed E-state index contributed by atoms with van der Waals surface area (Å²) in [5, 5.41) is 18.3. The Morgan fingerprint density at radius 2 is 2.14 bits per heavy atom. The van der Waals surface area contributed by atoms with Gasteiger partial charge in [-0.1, -0.05) is 11.8 Å². The number of carbonyl (C=O) groups is 1. The van der Waals surface area contributed by atoms with Crippen molar-refractivity contribution in [3.63, 3.8) is 0 Å². The number of halogens is 3. The second-order valence-corrected chi connectivity index (χ2v) is 6.99. The zero-order valence-electron chi connectivity index (χ0n) is 14.2. The quantitative estimate of drug-likeness (QED) is 0.622. The van der Waals surface area contributed by atoms with Crippen molar-refractivity contribution >= 4 is 23.4 Å². The molecule has 9 nitrogen and oxygen atoms in total. The Morgan fingerprint density at radius 1 is 1.32 bits per heavy atom. The summed E-state index contributed by atoms with van der Waals surface area (Å²) < 4.78 is 42.1. The summed E-state index contributed by atoms with van der Waals surface area (Å²) in [6.07, 6.45) is 0.00167. The van der Waals surface area contributed by atoms with Gasteiger partial charge in [0, 0.05) is 0 Å². The second kappa shape index (κ2) is 7.22. The number of rotatable bonds is 6. The molecular weight excluding hydrogens is 397 g/mol. The van der Waals surface area contributed by atoms with Crippen LogP contribution in [0, 0.1) is 0 Å². The van der Waals surface area contributed by atoms with Crippen LogP contribution >= 0.6 is 11.8 Å². The summed E-state index contributed by atoms with van der Waals surface area (Å²) >= 11 is 1.12. The lowest BCUT2D eigenvalue weighted by molar-refractivity contribution is -0.137. The molecule has 0 bridgehead atoms. The molecule has 3 aromatic rings. The van der Waals surface area contributed by atoms with Crippen LogP contribution < -0.4 is 5.32 Å². The lowest BCUT2D eigenvalue weighted by atomic mass is 10.1. The van der Waals surface area contributed by atoms with Crippen LogP contribution in [0.15, 0.2) is 36.0 Å². The first-order chi connectivity index (χ1) is 13.4. The first kappa shape index (κ1) is 18.4. The van der Waals surface area contributed by atoms with Crippen LogP contribution in [-0.4, -0.2) is 46.6 Å². The van der Waals surface area contributed by atoms with Gasteiger partial charge < -0.3 is 5.32 Å². The van der Waals surface area contributed by atoms with Crippen LogP contribution in [0.1, 0.15) is 24.4 Å². The number of thioether (sulfide) groups is 1. The van der Waals surface area contributed by atoms with E-state index in [4.69, 9.17) is 0 Å². The Bertz CT molecular complexity index is 984. The zero-order valence-corrected chi connectivity index (χ0v) is 15.0. The fraction of sp³-hybridized carbons (Fsp3) is 0.333. The number of hydrogen-bond acceptors (Lipinski definition) is 7. The first-order valence-electron chi connectivity index (χ1n) is 8.18. The molecule has 13 heteroatoms. The summed E-state index contributed by atoms with van der Waals surface area (Å²) in [5.74, 6) is -0.545. The number of nitrogens with zero attached hydrogens (tertiary/aromatic N) is 7. The Hall–Kier alpha value is -2.96. The Balaban J connectivity index is 1.52. The fourth-order valence-electron chi connectivity index (χ4n) is 2.49. The number of carbonyl (C=O) groups excluding carboxylic acids is 1. The highest BCUT2D eigenvalue weighted by atomic mass is 32.2. The average molecular weight is 410 g/mol. The molecule has 0 radical (unpaired) electrons. The molecule has 146 valence electrons. The predicted octanol–water partition coefficient (Wildman–Crippen LogP) is 2.34. The molecule has 28 heavy (non-hydrogen) atoms. The topological polar surface area (TPSA) is 103 Å². The van der Waals surface area contributed by atoms with Crippen molar-refractivity contribution < 1.29 is 18.0 Å². The number of hydrogen-bond donors (Lipinski definition) is 1. The molecule has 0 saturated heterocycles. The van der Waals surface area contributed by atoms with Gasteiger partial charge in [-0.25, -0.2) is 14.3 Å². The number of aromatic nitrogens is 7. The third kappa shape index (κ3) is 3.98. The van der Waals surface area contributed by atoms with E-state index in [-0.39, 0.29) is 23.2 Å². The van der Waals surface area contributed by atoms with Crippen molar-refractivity contribution in [1.82, 2.24) is 35.0 Å². The largest absolute Gasteiger partial charge is 0.416 e. The third-order valence-corrected chi connectivity index (χ3v) is 4.88. The highest BCUT2D eigenvalue weighted by Gasteiger charge is 2.31. The van der Waals surface area contributed by atoms with Crippen LogP contribution in [0.25, 0.3) is 5.69 Å². The number of nitrogens with one attached hydrogen (secondary N) is 1. The van der Waals surface area contributed by atoms with E-state index in [0.29, 0.717) is 5.16 Å². The molecule has 1 aliphatic rings. The third-order valence-electron chi connectivity index (χ3n) is 3.95. The molecule has 1 amide bonds. The maximum absolute atomic E-state index is 13.1. The molecule has 0 unspecified atom stereocenters. The van der Waals surface area contributed by atoms with E-state index < -0.39 is 17.6 Å². The molecule has 2 heterocycles. The molecule has 1 aromatic carbocycles. The summed E-state index contributed by atoms with van der Waals surface area (Å²) in [6.45, 7) is 0. The number of anilines is 1. The van der Waals surface area contributed by atoms with Gasteiger partial charge in [0.25, 0.3) is 0 Å². The van der Waals surface area contributed by atoms with Gasteiger partial charge in [0.2, 0.25) is 11.1 Å². The molecule has 1 aliphatic carbocycles. The Kier molecular flexibility index (Phi) is 4.75. The van der Waals surface area contributed by atoms with Crippen molar-refractivity contribution in [3.8, 4) is 5.69 Å². The minimum Gasteiger partial charge on any atom is -0.323 e. The van der Waals surface area contributed by atoms with Gasteiger partial charge in [-0.3, -0.25) is 4.79 Å². The maximum Gasteiger partial charge on any atom is 0.416 e. The molecule has 2 aromatic heterocycles. The van der Waals surface area contributed by atoms with Crippen molar-refractivity contribution in [2.75, 3.05) is 11.1 Å². The van der Waals surface area contributed by atoms with Gasteiger partial charge in [0.05, 0.1) is 28.7 Å². The monoisotopic (exact) mass is 410 g/mol. The van der Waals surface area contributed by atoms with E-state index in [1.54, 1.807) is 4.68 Å². The molecule has 0 atom stereocenters. The van der Waals surface area contributed by atoms with Crippen LogP contribution in [0.5, 0.6) is 0 Å². The highest BCUT2D eigenvalue weighted by Crippen LogP contribution is 2.36. The second-order valence-electron chi connectivity index (χ2n) is 6.04. The van der Waals surface area contributed by atoms with Crippen LogP contribution in [0.3, 0.4) is 0 Å². The van der Waals surface area contributed by atoms with Crippen LogP contribution in [-0.2, 0) is 11.0 Å². The van der Waals surface area contributed by atoms with E-state index in [2.05, 4.69) is 30.9 Å². The summed E-state index contributed by atoms with van der Waals surface area (Å²) in [7, 11) is 0. The van der Waals surface area contributed by atoms with Gasteiger partial charge in [0.1, 0.15) is 12.7 Å². The molecule has 0 aliphatic heterocycles. The van der Waals surface area contributed by atoms with Crippen LogP contribution in [0.2, 0.25) is 0 Å². The lowest BCUT2D eigenvalue weighted by Gasteiger charge is -2.14. The van der Waals surface area contributed by atoms with E-state index in [0.717, 1.165) is 36.7 Å². The summed E-state index contributed by atoms with van der Waals surface area (Å²) in [4.78, 5) is 16.1. The average Bonchev–Trinajstić information content (AvgIpc) is 3.16. The van der Waals surface area contributed by atoms with E-state index in [9.17, 15) is 18.0 Å². The van der Waals surface area contributed by atoms with E-state index in [1.165, 1.54) is 23.4 Å². The standard InChI is InChI=1S/C15H13F3N8OS/c16-15(17,18)9-1-4-12(25-8-19-7-20-25)11(5-9)21-13(27)6-28-14-22-23-24-26(14)10-2-3-10/h1,4-5,7-8,10H,2-3,6H2,(H,21,27). The maximum atomic E-state index is 13.1. The van der Waals surface area contributed by atoms with Gasteiger partial charge in [-0.15, -0.1) is 5.10 Å².